The first kappa shape index (κ1) is 17.2. The van der Waals surface area contributed by atoms with Crippen molar-refractivity contribution in [2.45, 2.75) is 38.5 Å². The molecule has 0 atom stereocenters. The summed E-state index contributed by atoms with van der Waals surface area (Å²) in [6, 6.07) is 5.60. The van der Waals surface area contributed by atoms with Crippen molar-refractivity contribution in [2.24, 2.45) is 23.2 Å². The van der Waals surface area contributed by atoms with Gasteiger partial charge in [-0.2, -0.15) is 0 Å². The molecular formula is C21H26Cl2N2O. The summed E-state index contributed by atoms with van der Waals surface area (Å²) in [5, 5.41) is 1.44. The number of hydrogen-bond donors (Lipinski definition) is 0. The molecule has 4 aliphatic carbocycles. The summed E-state index contributed by atoms with van der Waals surface area (Å²) < 4.78 is 0. The minimum Gasteiger partial charge on any atom is -0.367 e. The van der Waals surface area contributed by atoms with E-state index < -0.39 is 0 Å². The molecule has 5 heteroatoms. The zero-order valence-electron chi connectivity index (χ0n) is 15.1. The van der Waals surface area contributed by atoms with Crippen LogP contribution in [0.15, 0.2) is 18.2 Å². The van der Waals surface area contributed by atoms with E-state index in [2.05, 4.69) is 9.80 Å². The molecule has 1 amide bonds. The van der Waals surface area contributed by atoms with Gasteiger partial charge >= 0.3 is 0 Å². The number of halogens is 2. The fourth-order valence-electron chi connectivity index (χ4n) is 6.59. The third-order valence-corrected chi connectivity index (χ3v) is 7.86. The van der Waals surface area contributed by atoms with Crippen LogP contribution >= 0.6 is 23.2 Å². The lowest BCUT2D eigenvalue weighted by molar-refractivity contribution is -0.158. The molecule has 4 saturated carbocycles. The van der Waals surface area contributed by atoms with E-state index in [-0.39, 0.29) is 5.41 Å². The number of carbonyl (C=O) groups excluding carboxylic acids is 1. The lowest BCUT2D eigenvalue weighted by Crippen LogP contribution is -2.58. The smallest absolute Gasteiger partial charge is 0.228 e. The zero-order valence-corrected chi connectivity index (χ0v) is 16.6. The lowest BCUT2D eigenvalue weighted by atomic mass is 9.49. The number of piperazine rings is 1. The van der Waals surface area contributed by atoms with Gasteiger partial charge in [-0.1, -0.05) is 23.2 Å². The second-order valence-electron chi connectivity index (χ2n) is 9.07. The quantitative estimate of drug-likeness (QED) is 0.717. The highest BCUT2D eigenvalue weighted by molar-refractivity contribution is 6.35. The van der Waals surface area contributed by atoms with E-state index in [0.29, 0.717) is 10.9 Å². The Balaban J connectivity index is 1.28. The van der Waals surface area contributed by atoms with Gasteiger partial charge in [0.2, 0.25) is 5.91 Å². The van der Waals surface area contributed by atoms with Crippen LogP contribution in [0.4, 0.5) is 5.69 Å². The van der Waals surface area contributed by atoms with Crippen molar-refractivity contribution in [3.05, 3.63) is 28.2 Å². The summed E-state index contributed by atoms with van der Waals surface area (Å²) in [4.78, 5) is 17.9. The molecule has 1 saturated heterocycles. The van der Waals surface area contributed by atoms with Crippen LogP contribution in [0, 0.1) is 23.2 Å². The molecule has 3 nitrogen and oxygen atoms in total. The van der Waals surface area contributed by atoms with E-state index >= 15 is 0 Å². The van der Waals surface area contributed by atoms with Gasteiger partial charge in [-0.05, 0) is 74.5 Å². The maximum Gasteiger partial charge on any atom is 0.228 e. The van der Waals surface area contributed by atoms with Crippen LogP contribution in [-0.4, -0.2) is 37.0 Å². The Morgan fingerprint density at radius 2 is 1.50 bits per heavy atom. The molecule has 140 valence electrons. The molecule has 0 radical (unpaired) electrons. The van der Waals surface area contributed by atoms with E-state index in [0.717, 1.165) is 73.9 Å². The molecule has 4 bridgehead atoms. The van der Waals surface area contributed by atoms with E-state index in [4.69, 9.17) is 23.2 Å². The average Bonchev–Trinajstić information content (AvgIpc) is 2.62. The third kappa shape index (κ3) is 2.82. The molecule has 1 heterocycles. The predicted molar refractivity (Wildman–Crippen MR) is 106 cm³/mol. The first-order chi connectivity index (χ1) is 12.5. The van der Waals surface area contributed by atoms with Gasteiger partial charge in [-0.15, -0.1) is 0 Å². The lowest BCUT2D eigenvalue weighted by Gasteiger charge is -2.57. The minimum absolute atomic E-state index is 0.0232. The van der Waals surface area contributed by atoms with E-state index in [9.17, 15) is 4.79 Å². The fourth-order valence-corrected chi connectivity index (χ4v) is 6.99. The molecular weight excluding hydrogens is 367 g/mol. The number of nitrogens with zero attached hydrogens (tertiary/aromatic N) is 2. The van der Waals surface area contributed by atoms with Crippen LogP contribution in [-0.2, 0) is 4.79 Å². The summed E-state index contributed by atoms with van der Waals surface area (Å²) in [7, 11) is 0. The Kier molecular flexibility index (Phi) is 4.17. The van der Waals surface area contributed by atoms with Crippen LogP contribution in [0.5, 0.6) is 0 Å². The van der Waals surface area contributed by atoms with E-state index in [1.807, 2.05) is 18.2 Å². The van der Waals surface area contributed by atoms with Gasteiger partial charge in [-0.3, -0.25) is 4.79 Å². The van der Waals surface area contributed by atoms with Crippen LogP contribution < -0.4 is 4.90 Å². The largest absolute Gasteiger partial charge is 0.367 e. The van der Waals surface area contributed by atoms with Gasteiger partial charge < -0.3 is 9.80 Å². The Morgan fingerprint density at radius 3 is 2.08 bits per heavy atom. The summed E-state index contributed by atoms with van der Waals surface area (Å²) in [5.74, 6) is 2.90. The van der Waals surface area contributed by atoms with Gasteiger partial charge in [0.1, 0.15) is 0 Å². The molecule has 1 aromatic rings. The van der Waals surface area contributed by atoms with Crippen molar-refractivity contribution < 1.29 is 4.79 Å². The number of rotatable bonds is 2. The second-order valence-corrected chi connectivity index (χ2v) is 9.92. The van der Waals surface area contributed by atoms with E-state index in [1.54, 1.807) is 0 Å². The molecule has 1 aromatic carbocycles. The monoisotopic (exact) mass is 392 g/mol. The second kappa shape index (κ2) is 6.31. The Labute approximate surface area is 165 Å². The fraction of sp³-hybridized carbons (Fsp3) is 0.667. The van der Waals surface area contributed by atoms with Crippen molar-refractivity contribution in [3.8, 4) is 0 Å². The molecule has 26 heavy (non-hydrogen) atoms. The highest BCUT2D eigenvalue weighted by Gasteiger charge is 2.55. The first-order valence-electron chi connectivity index (χ1n) is 10.0. The molecule has 5 fully saturated rings. The number of hydrogen-bond acceptors (Lipinski definition) is 2. The SMILES string of the molecule is O=C(N1CCN(c2cc(Cl)ccc2Cl)CC1)C12CC3CC(CC(C3)C1)C2. The molecule has 0 unspecified atom stereocenters. The van der Waals surface area contributed by atoms with Gasteiger partial charge in [0.05, 0.1) is 16.1 Å². The third-order valence-electron chi connectivity index (χ3n) is 7.31. The van der Waals surface area contributed by atoms with Gasteiger partial charge in [0, 0.05) is 31.2 Å². The molecule has 0 spiro atoms. The first-order valence-corrected chi connectivity index (χ1v) is 10.8. The number of benzene rings is 1. The van der Waals surface area contributed by atoms with Crippen LogP contribution in [0.2, 0.25) is 10.0 Å². The van der Waals surface area contributed by atoms with Crippen molar-refractivity contribution in [3.63, 3.8) is 0 Å². The van der Waals surface area contributed by atoms with Crippen LogP contribution in [0.1, 0.15) is 38.5 Å². The maximum atomic E-state index is 13.5. The topological polar surface area (TPSA) is 23.6 Å². The Hall–Kier alpha value is -0.930. The Bertz CT molecular complexity index is 691. The molecule has 5 aliphatic rings. The summed E-state index contributed by atoms with van der Waals surface area (Å²) in [5.41, 5.74) is 0.964. The Morgan fingerprint density at radius 1 is 0.923 bits per heavy atom. The highest BCUT2D eigenvalue weighted by atomic mass is 35.5. The zero-order chi connectivity index (χ0) is 17.9. The standard InChI is InChI=1S/C21H26Cl2N2O/c22-17-1-2-18(23)19(10-17)24-3-5-25(6-4-24)20(26)21-11-14-7-15(12-21)9-16(8-14)13-21/h1-2,10,14-16H,3-9,11-13H2. The minimum atomic E-state index is -0.0232. The number of carbonyl (C=O) groups is 1. The van der Waals surface area contributed by atoms with Crippen molar-refractivity contribution in [1.82, 2.24) is 4.90 Å². The van der Waals surface area contributed by atoms with Crippen LogP contribution in [0.3, 0.4) is 0 Å². The summed E-state index contributed by atoms with van der Waals surface area (Å²) in [6.45, 7) is 3.25. The highest BCUT2D eigenvalue weighted by Crippen LogP contribution is 2.60. The van der Waals surface area contributed by atoms with Gasteiger partial charge in [0.15, 0.2) is 0 Å². The normalized spacial score (nSPS) is 35.8. The summed E-state index contributed by atoms with van der Waals surface area (Å²) >= 11 is 12.5. The van der Waals surface area contributed by atoms with E-state index in [1.165, 1.54) is 19.3 Å². The van der Waals surface area contributed by atoms with Crippen molar-refractivity contribution >= 4 is 34.8 Å². The number of amides is 1. The molecule has 1 aliphatic heterocycles. The van der Waals surface area contributed by atoms with Crippen LogP contribution in [0.25, 0.3) is 0 Å². The van der Waals surface area contributed by atoms with Gasteiger partial charge in [-0.25, -0.2) is 0 Å². The summed E-state index contributed by atoms with van der Waals surface area (Å²) in [6.07, 6.45) is 7.60. The van der Waals surface area contributed by atoms with Crippen molar-refractivity contribution in [2.75, 3.05) is 31.1 Å². The number of anilines is 1. The predicted octanol–water partition coefficient (Wildman–Crippen LogP) is 4.86. The molecule has 6 rings (SSSR count). The maximum absolute atomic E-state index is 13.5. The van der Waals surface area contributed by atoms with Gasteiger partial charge in [0.25, 0.3) is 0 Å². The average molecular weight is 393 g/mol. The molecule has 0 aromatic heterocycles. The molecule has 0 N–H and O–H groups in total. The van der Waals surface area contributed by atoms with Crippen molar-refractivity contribution in [1.29, 1.82) is 0 Å².